The number of hydrogen-bond donors (Lipinski definition) is 1. The van der Waals surface area contributed by atoms with Crippen molar-refractivity contribution in [3.05, 3.63) is 41.0 Å². The van der Waals surface area contributed by atoms with Crippen LogP contribution in [0.25, 0.3) is 0 Å². The molecule has 0 unspecified atom stereocenters. The largest absolute Gasteiger partial charge is 0.497 e. The Bertz CT molecular complexity index is 502. The fraction of sp³-hybridized carbons (Fsp3) is 0.333. The molecule has 2 aromatic rings. The van der Waals surface area contributed by atoms with Crippen LogP contribution >= 0.6 is 11.6 Å². The van der Waals surface area contributed by atoms with Crippen molar-refractivity contribution in [2.75, 3.05) is 26.6 Å². The van der Waals surface area contributed by atoms with E-state index in [1.54, 1.807) is 20.2 Å². The normalized spacial score (nSPS) is 9.38. The number of methoxy groups -OCH3 is 2. The summed E-state index contributed by atoms with van der Waals surface area (Å²) >= 11 is 5.64. The van der Waals surface area contributed by atoms with Gasteiger partial charge in [-0.15, -0.1) is 0 Å². The molecule has 0 aliphatic heterocycles. The van der Waals surface area contributed by atoms with Gasteiger partial charge in [-0.1, -0.05) is 30.7 Å². The highest BCUT2D eigenvalue weighted by Crippen LogP contribution is 2.14. The molecule has 1 N–H and O–H groups in total. The van der Waals surface area contributed by atoms with Gasteiger partial charge in [-0.05, 0) is 24.1 Å². The molecule has 0 amide bonds. The Kier molecular flexibility index (Phi) is 7.32. The number of halogens is 1. The van der Waals surface area contributed by atoms with Crippen molar-refractivity contribution < 1.29 is 9.47 Å². The molecule has 0 saturated carbocycles. The Morgan fingerprint density at radius 1 is 1.10 bits per heavy atom. The molecule has 0 spiro atoms. The maximum Gasteiger partial charge on any atom is 0.319 e. The summed E-state index contributed by atoms with van der Waals surface area (Å²) in [5.41, 5.74) is 1.35. The van der Waals surface area contributed by atoms with Gasteiger partial charge in [-0.25, -0.2) is 0 Å². The molecule has 0 bridgehead atoms. The Hall–Kier alpha value is -2.01. The first-order chi connectivity index (χ1) is 10.1. The van der Waals surface area contributed by atoms with E-state index in [2.05, 4.69) is 34.3 Å². The van der Waals surface area contributed by atoms with Crippen LogP contribution in [0.4, 0.5) is 5.82 Å². The number of ether oxygens (including phenoxy) is 2. The van der Waals surface area contributed by atoms with Crippen molar-refractivity contribution in [2.24, 2.45) is 0 Å². The van der Waals surface area contributed by atoms with Crippen LogP contribution < -0.4 is 14.8 Å². The van der Waals surface area contributed by atoms with Crippen LogP contribution in [0.1, 0.15) is 12.5 Å². The molecule has 2 rings (SSSR count). The third-order valence-electron chi connectivity index (χ3n) is 2.68. The molecule has 0 aliphatic rings. The average Bonchev–Trinajstić information content (AvgIpc) is 2.54. The number of rotatable bonds is 4. The minimum Gasteiger partial charge on any atom is -0.497 e. The minimum absolute atomic E-state index is 0.266. The first-order valence-corrected chi connectivity index (χ1v) is 6.90. The molecule has 5 nitrogen and oxygen atoms in total. The van der Waals surface area contributed by atoms with Gasteiger partial charge < -0.3 is 14.8 Å². The summed E-state index contributed by atoms with van der Waals surface area (Å²) in [5.74, 6) is 1.57. The highest BCUT2D eigenvalue weighted by atomic mass is 35.5. The molecule has 0 radical (unpaired) electrons. The molecule has 1 aromatic heterocycles. The lowest BCUT2D eigenvalue weighted by Gasteiger charge is -2.01. The molecule has 0 aliphatic carbocycles. The predicted molar refractivity (Wildman–Crippen MR) is 85.5 cm³/mol. The number of benzene rings is 1. The SMILES string of the molecule is CCc1ccc(OC)cc1.CNc1cc(Cl)nc(OC)n1. The van der Waals surface area contributed by atoms with E-state index in [1.807, 2.05) is 12.1 Å². The van der Waals surface area contributed by atoms with E-state index in [0.29, 0.717) is 11.0 Å². The van der Waals surface area contributed by atoms with Gasteiger partial charge in [0, 0.05) is 13.1 Å². The number of anilines is 1. The molecular formula is C15H20ClN3O2. The van der Waals surface area contributed by atoms with E-state index in [1.165, 1.54) is 12.7 Å². The quantitative estimate of drug-likeness (QED) is 0.877. The molecule has 0 fully saturated rings. The first-order valence-electron chi connectivity index (χ1n) is 6.52. The summed E-state index contributed by atoms with van der Waals surface area (Å²) in [7, 11) is 4.92. The van der Waals surface area contributed by atoms with Crippen LogP contribution in [-0.4, -0.2) is 31.2 Å². The number of nitrogens with zero attached hydrogens (tertiary/aromatic N) is 2. The van der Waals surface area contributed by atoms with Crippen LogP contribution in [-0.2, 0) is 6.42 Å². The van der Waals surface area contributed by atoms with Gasteiger partial charge >= 0.3 is 6.01 Å². The zero-order valence-electron chi connectivity index (χ0n) is 12.7. The summed E-state index contributed by atoms with van der Waals surface area (Å²) in [6, 6.07) is 10.0. The molecule has 0 atom stereocenters. The van der Waals surface area contributed by atoms with Gasteiger partial charge in [0.15, 0.2) is 0 Å². The maximum atomic E-state index is 5.64. The summed E-state index contributed by atoms with van der Waals surface area (Å²) < 4.78 is 9.80. The van der Waals surface area contributed by atoms with E-state index in [0.717, 1.165) is 12.2 Å². The lowest BCUT2D eigenvalue weighted by molar-refractivity contribution is 0.380. The van der Waals surface area contributed by atoms with Gasteiger partial charge in [0.1, 0.15) is 16.7 Å². The number of aromatic nitrogens is 2. The number of hydrogen-bond acceptors (Lipinski definition) is 5. The molecule has 6 heteroatoms. The van der Waals surface area contributed by atoms with E-state index < -0.39 is 0 Å². The summed E-state index contributed by atoms with van der Waals surface area (Å²) in [6.07, 6.45) is 1.09. The maximum absolute atomic E-state index is 5.64. The Labute approximate surface area is 130 Å². The summed E-state index contributed by atoms with van der Waals surface area (Å²) in [5, 5.41) is 3.19. The Morgan fingerprint density at radius 2 is 1.76 bits per heavy atom. The van der Waals surface area contributed by atoms with Crippen LogP contribution in [0.5, 0.6) is 11.8 Å². The second kappa shape index (κ2) is 9.02. The highest BCUT2D eigenvalue weighted by Gasteiger charge is 1.99. The zero-order valence-corrected chi connectivity index (χ0v) is 13.4. The van der Waals surface area contributed by atoms with E-state index >= 15 is 0 Å². The Morgan fingerprint density at radius 3 is 2.24 bits per heavy atom. The molecule has 1 heterocycles. The van der Waals surface area contributed by atoms with Crippen molar-refractivity contribution in [1.82, 2.24) is 9.97 Å². The summed E-state index contributed by atoms with van der Waals surface area (Å²) in [4.78, 5) is 7.73. The van der Waals surface area contributed by atoms with Crippen LogP contribution in [0, 0.1) is 0 Å². The number of aryl methyl sites for hydroxylation is 1. The van der Waals surface area contributed by atoms with Crippen molar-refractivity contribution in [2.45, 2.75) is 13.3 Å². The average molecular weight is 310 g/mol. The third-order valence-corrected chi connectivity index (χ3v) is 2.87. The second-order valence-corrected chi connectivity index (χ2v) is 4.40. The fourth-order valence-corrected chi connectivity index (χ4v) is 1.65. The zero-order chi connectivity index (χ0) is 15.7. The van der Waals surface area contributed by atoms with Crippen LogP contribution in [0.15, 0.2) is 30.3 Å². The van der Waals surface area contributed by atoms with Crippen molar-refractivity contribution in [3.8, 4) is 11.8 Å². The third kappa shape index (κ3) is 5.87. The van der Waals surface area contributed by atoms with Gasteiger partial charge in [-0.2, -0.15) is 9.97 Å². The molecule has 21 heavy (non-hydrogen) atoms. The predicted octanol–water partition coefficient (Wildman–Crippen LogP) is 3.44. The fourth-order valence-electron chi connectivity index (χ4n) is 1.48. The van der Waals surface area contributed by atoms with Crippen LogP contribution in [0.2, 0.25) is 5.15 Å². The Balaban J connectivity index is 0.000000211. The molecule has 0 saturated heterocycles. The van der Waals surface area contributed by atoms with Crippen molar-refractivity contribution >= 4 is 17.4 Å². The second-order valence-electron chi connectivity index (χ2n) is 4.01. The topological polar surface area (TPSA) is 56.3 Å². The van der Waals surface area contributed by atoms with Crippen LogP contribution in [0.3, 0.4) is 0 Å². The van der Waals surface area contributed by atoms with E-state index in [-0.39, 0.29) is 6.01 Å². The van der Waals surface area contributed by atoms with Gasteiger partial charge in [0.05, 0.1) is 14.2 Å². The smallest absolute Gasteiger partial charge is 0.319 e. The minimum atomic E-state index is 0.266. The standard InChI is InChI=1S/C9H12O.C6H8ClN3O/c1-3-8-4-6-9(10-2)7-5-8;1-8-5-3-4(7)9-6(10-5)11-2/h4-7H,3H2,1-2H3;3H,1-2H3,(H,8,9,10). The molecule has 114 valence electrons. The van der Waals surface area contributed by atoms with E-state index in [9.17, 15) is 0 Å². The lowest BCUT2D eigenvalue weighted by atomic mass is 10.2. The van der Waals surface area contributed by atoms with Crippen molar-refractivity contribution in [3.63, 3.8) is 0 Å². The van der Waals surface area contributed by atoms with Crippen molar-refractivity contribution in [1.29, 1.82) is 0 Å². The van der Waals surface area contributed by atoms with E-state index in [4.69, 9.17) is 21.1 Å². The summed E-state index contributed by atoms with van der Waals surface area (Å²) in [6.45, 7) is 2.14. The highest BCUT2D eigenvalue weighted by molar-refractivity contribution is 6.29. The molecule has 1 aromatic carbocycles. The lowest BCUT2D eigenvalue weighted by Crippen LogP contribution is -1.97. The van der Waals surface area contributed by atoms with Gasteiger partial charge in [-0.3, -0.25) is 0 Å². The number of nitrogens with one attached hydrogen (secondary N) is 1. The van der Waals surface area contributed by atoms with Gasteiger partial charge in [0.25, 0.3) is 0 Å². The monoisotopic (exact) mass is 309 g/mol. The molecular weight excluding hydrogens is 290 g/mol. The first kappa shape index (κ1) is 17.0. The van der Waals surface area contributed by atoms with Gasteiger partial charge in [0.2, 0.25) is 0 Å².